The molecule has 1 aromatic carbocycles. The highest BCUT2D eigenvalue weighted by Crippen LogP contribution is 2.17. The van der Waals surface area contributed by atoms with Crippen LogP contribution in [-0.4, -0.2) is 19.7 Å². The van der Waals surface area contributed by atoms with Gasteiger partial charge in [0, 0.05) is 30.2 Å². The number of aryl methyl sites for hydroxylation is 1. The quantitative estimate of drug-likeness (QED) is 0.733. The lowest BCUT2D eigenvalue weighted by Crippen LogP contribution is -2.16. The summed E-state index contributed by atoms with van der Waals surface area (Å²) in [6.45, 7) is 4.54. The normalized spacial score (nSPS) is 11.2. The van der Waals surface area contributed by atoms with Gasteiger partial charge < -0.3 is 14.9 Å². The number of nitrogens with zero attached hydrogens (tertiary/aromatic N) is 3. The van der Waals surface area contributed by atoms with Crippen LogP contribution in [0.3, 0.4) is 0 Å². The van der Waals surface area contributed by atoms with Gasteiger partial charge in [0.05, 0.1) is 6.54 Å². The van der Waals surface area contributed by atoms with Gasteiger partial charge in [-0.25, -0.2) is 0 Å². The number of H-pyrrole nitrogens is 1. The molecule has 3 rings (SSSR count). The number of hydrogen-bond donors (Lipinski definition) is 2. The molecule has 0 aliphatic heterocycles. The zero-order valence-corrected chi connectivity index (χ0v) is 10.9. The zero-order chi connectivity index (χ0) is 13.1. The first-order valence-electron chi connectivity index (χ1n) is 6.51. The van der Waals surface area contributed by atoms with E-state index >= 15 is 0 Å². The van der Waals surface area contributed by atoms with Crippen molar-refractivity contribution in [2.24, 2.45) is 0 Å². The van der Waals surface area contributed by atoms with Crippen LogP contribution in [0.1, 0.15) is 18.3 Å². The lowest BCUT2D eigenvalue weighted by molar-refractivity contribution is 0.614. The van der Waals surface area contributed by atoms with E-state index in [0.29, 0.717) is 0 Å². The molecule has 0 saturated carbocycles. The molecule has 98 valence electrons. The summed E-state index contributed by atoms with van der Waals surface area (Å²) < 4.78 is 2.04. The first-order chi connectivity index (χ1) is 9.38. The second-order valence-corrected chi connectivity index (χ2v) is 4.50. The average molecular weight is 255 g/mol. The van der Waals surface area contributed by atoms with E-state index < -0.39 is 0 Å². The van der Waals surface area contributed by atoms with Crippen molar-refractivity contribution < 1.29 is 0 Å². The van der Waals surface area contributed by atoms with Crippen LogP contribution in [0.15, 0.2) is 36.8 Å². The van der Waals surface area contributed by atoms with E-state index in [1.54, 1.807) is 6.33 Å². The Bertz CT molecular complexity index is 667. The van der Waals surface area contributed by atoms with Gasteiger partial charge >= 0.3 is 0 Å². The monoisotopic (exact) mass is 255 g/mol. The van der Waals surface area contributed by atoms with E-state index in [1.165, 1.54) is 16.5 Å². The fraction of sp³-hybridized carbons (Fsp3) is 0.286. The van der Waals surface area contributed by atoms with Crippen molar-refractivity contribution >= 4 is 10.9 Å². The molecule has 0 aliphatic rings. The molecule has 3 aromatic rings. The third-order valence-electron chi connectivity index (χ3n) is 3.31. The number of benzene rings is 1. The number of rotatable bonds is 5. The van der Waals surface area contributed by atoms with Crippen molar-refractivity contribution in [2.75, 3.05) is 0 Å². The molecule has 2 N–H and O–H groups in total. The minimum absolute atomic E-state index is 0.730. The van der Waals surface area contributed by atoms with Crippen LogP contribution < -0.4 is 5.32 Å². The van der Waals surface area contributed by atoms with Crippen molar-refractivity contribution in [3.05, 3.63) is 48.2 Å². The predicted molar refractivity (Wildman–Crippen MR) is 74.5 cm³/mol. The average Bonchev–Trinajstić information content (AvgIpc) is 3.06. The Morgan fingerprint density at radius 2 is 2.16 bits per heavy atom. The van der Waals surface area contributed by atoms with E-state index in [1.807, 2.05) is 10.6 Å². The van der Waals surface area contributed by atoms with Gasteiger partial charge in [-0.1, -0.05) is 18.2 Å². The van der Waals surface area contributed by atoms with E-state index in [-0.39, 0.29) is 0 Å². The van der Waals surface area contributed by atoms with Gasteiger partial charge in [-0.15, -0.1) is 10.2 Å². The standard InChI is InChI=1S/C14H17N5/c1-2-19-10-17-18-14(19)9-15-7-11-8-16-13-6-4-3-5-12(11)13/h3-6,8,10,15-16H,2,7,9H2,1H3. The smallest absolute Gasteiger partial charge is 0.146 e. The Balaban J connectivity index is 1.67. The third-order valence-corrected chi connectivity index (χ3v) is 3.31. The first kappa shape index (κ1) is 11.9. The van der Waals surface area contributed by atoms with Crippen molar-refractivity contribution in [3.63, 3.8) is 0 Å². The minimum Gasteiger partial charge on any atom is -0.361 e. The van der Waals surface area contributed by atoms with Crippen molar-refractivity contribution in [2.45, 2.75) is 26.6 Å². The van der Waals surface area contributed by atoms with Gasteiger partial charge in [-0.2, -0.15) is 0 Å². The summed E-state index contributed by atoms with van der Waals surface area (Å²) in [6, 6.07) is 8.33. The van der Waals surface area contributed by atoms with Crippen LogP contribution in [0.5, 0.6) is 0 Å². The molecule has 0 fully saturated rings. The van der Waals surface area contributed by atoms with Crippen LogP contribution in [0.2, 0.25) is 0 Å². The fourth-order valence-electron chi connectivity index (χ4n) is 2.27. The lowest BCUT2D eigenvalue weighted by atomic mass is 10.2. The molecule has 0 radical (unpaired) electrons. The van der Waals surface area contributed by atoms with Gasteiger partial charge in [0.2, 0.25) is 0 Å². The van der Waals surface area contributed by atoms with Crippen LogP contribution in [-0.2, 0) is 19.6 Å². The largest absolute Gasteiger partial charge is 0.361 e. The second kappa shape index (κ2) is 5.24. The highest BCUT2D eigenvalue weighted by Gasteiger charge is 2.04. The lowest BCUT2D eigenvalue weighted by Gasteiger charge is -2.05. The number of aromatic amines is 1. The molecule has 0 atom stereocenters. The highest BCUT2D eigenvalue weighted by molar-refractivity contribution is 5.82. The van der Waals surface area contributed by atoms with Gasteiger partial charge in [0.25, 0.3) is 0 Å². The van der Waals surface area contributed by atoms with Crippen LogP contribution >= 0.6 is 0 Å². The summed E-state index contributed by atoms with van der Waals surface area (Å²) in [5.74, 6) is 0.974. The van der Waals surface area contributed by atoms with Crippen molar-refractivity contribution in [3.8, 4) is 0 Å². The summed E-state index contributed by atoms with van der Waals surface area (Å²) in [4.78, 5) is 3.28. The summed E-state index contributed by atoms with van der Waals surface area (Å²) in [7, 11) is 0. The number of fused-ring (bicyclic) bond motifs is 1. The van der Waals surface area contributed by atoms with E-state index in [9.17, 15) is 0 Å². The summed E-state index contributed by atoms with van der Waals surface area (Å²) in [5.41, 5.74) is 2.45. The molecule has 5 nitrogen and oxygen atoms in total. The van der Waals surface area contributed by atoms with Crippen molar-refractivity contribution in [1.29, 1.82) is 0 Å². The minimum atomic E-state index is 0.730. The predicted octanol–water partition coefficient (Wildman–Crippen LogP) is 2.07. The Morgan fingerprint density at radius 3 is 3.05 bits per heavy atom. The Morgan fingerprint density at radius 1 is 1.26 bits per heavy atom. The van der Waals surface area contributed by atoms with Gasteiger partial charge in [0.15, 0.2) is 0 Å². The van der Waals surface area contributed by atoms with E-state index in [4.69, 9.17) is 0 Å². The Kier molecular flexibility index (Phi) is 3.29. The maximum atomic E-state index is 4.11. The molecule has 0 saturated heterocycles. The van der Waals surface area contributed by atoms with E-state index in [2.05, 4.69) is 51.8 Å². The summed E-state index contributed by atoms with van der Waals surface area (Å²) >= 11 is 0. The topological polar surface area (TPSA) is 58.5 Å². The first-order valence-corrected chi connectivity index (χ1v) is 6.51. The second-order valence-electron chi connectivity index (χ2n) is 4.50. The molecular weight excluding hydrogens is 238 g/mol. The molecule has 2 heterocycles. The molecular formula is C14H17N5. The SMILES string of the molecule is CCn1cnnc1CNCc1c[nH]c2ccccc12. The maximum Gasteiger partial charge on any atom is 0.146 e. The van der Waals surface area contributed by atoms with E-state index in [0.717, 1.165) is 25.5 Å². The molecule has 0 spiro atoms. The van der Waals surface area contributed by atoms with Gasteiger partial charge in [-0.3, -0.25) is 0 Å². The van der Waals surface area contributed by atoms with Gasteiger partial charge in [-0.05, 0) is 18.6 Å². The number of aromatic nitrogens is 4. The molecule has 0 aliphatic carbocycles. The molecule has 0 amide bonds. The Hall–Kier alpha value is -2.14. The van der Waals surface area contributed by atoms with Gasteiger partial charge in [0.1, 0.15) is 12.2 Å². The molecule has 5 heteroatoms. The number of para-hydroxylation sites is 1. The Labute approximate surface area is 111 Å². The molecule has 0 unspecified atom stereocenters. The zero-order valence-electron chi connectivity index (χ0n) is 10.9. The fourth-order valence-corrected chi connectivity index (χ4v) is 2.27. The number of hydrogen-bond acceptors (Lipinski definition) is 3. The van der Waals surface area contributed by atoms with Crippen LogP contribution in [0, 0.1) is 0 Å². The maximum absolute atomic E-state index is 4.11. The third kappa shape index (κ3) is 2.37. The van der Waals surface area contributed by atoms with Crippen LogP contribution in [0.25, 0.3) is 10.9 Å². The molecule has 19 heavy (non-hydrogen) atoms. The summed E-state index contributed by atoms with van der Waals surface area (Å²) in [5, 5.41) is 12.7. The number of nitrogens with one attached hydrogen (secondary N) is 2. The molecule has 2 aromatic heterocycles. The summed E-state index contributed by atoms with van der Waals surface area (Å²) in [6.07, 6.45) is 3.82. The molecule has 0 bridgehead atoms. The highest BCUT2D eigenvalue weighted by atomic mass is 15.3. The van der Waals surface area contributed by atoms with Crippen LogP contribution in [0.4, 0.5) is 0 Å². The van der Waals surface area contributed by atoms with Crippen molar-refractivity contribution in [1.82, 2.24) is 25.1 Å².